The van der Waals surface area contributed by atoms with Crippen LogP contribution in [0.4, 0.5) is 5.69 Å². The van der Waals surface area contributed by atoms with Gasteiger partial charge in [-0.15, -0.1) is 0 Å². The predicted octanol–water partition coefficient (Wildman–Crippen LogP) is 2.17. The second-order valence-corrected chi connectivity index (χ2v) is 7.84. The van der Waals surface area contributed by atoms with Gasteiger partial charge in [-0.3, -0.25) is 9.89 Å². The van der Waals surface area contributed by atoms with Gasteiger partial charge in [0, 0.05) is 37.9 Å². The Hall–Kier alpha value is -1.59. The van der Waals surface area contributed by atoms with Crippen LogP contribution in [-0.2, 0) is 12.8 Å². The Morgan fingerprint density at radius 2 is 1.88 bits per heavy atom. The summed E-state index contributed by atoms with van der Waals surface area (Å²) >= 11 is 0. The van der Waals surface area contributed by atoms with Gasteiger partial charge in [0.2, 0.25) is 0 Å². The van der Waals surface area contributed by atoms with E-state index in [4.69, 9.17) is 5.73 Å². The smallest absolute Gasteiger partial charge is 0.193 e. The molecule has 1 atom stereocenters. The fraction of sp³-hybridized carbons (Fsp3) is 0.650. The van der Waals surface area contributed by atoms with Gasteiger partial charge in [0.1, 0.15) is 0 Å². The topological polar surface area (TPSA) is 56.9 Å². The van der Waals surface area contributed by atoms with Gasteiger partial charge in [0.15, 0.2) is 5.96 Å². The summed E-state index contributed by atoms with van der Waals surface area (Å²) in [5.74, 6) is 1.10. The highest BCUT2D eigenvalue weighted by molar-refractivity contribution is 5.92. The zero-order chi connectivity index (χ0) is 17.8. The summed E-state index contributed by atoms with van der Waals surface area (Å²) in [6.07, 6.45) is 3.66. The van der Waals surface area contributed by atoms with Gasteiger partial charge in [-0.05, 0) is 55.5 Å². The highest BCUT2D eigenvalue weighted by Gasteiger charge is 2.24. The predicted molar refractivity (Wildman–Crippen MR) is 106 cm³/mol. The first-order valence-corrected chi connectivity index (χ1v) is 9.64. The van der Waals surface area contributed by atoms with Crippen molar-refractivity contribution in [3.05, 3.63) is 29.3 Å². The number of hydrogen-bond acceptors (Lipinski definition) is 3. The van der Waals surface area contributed by atoms with E-state index in [-0.39, 0.29) is 0 Å². The molecule has 2 aliphatic rings. The molecule has 0 amide bonds. The lowest BCUT2D eigenvalue weighted by atomic mass is 10.0. The molecule has 3 rings (SSSR count). The summed E-state index contributed by atoms with van der Waals surface area (Å²) in [5.41, 5.74) is 10.2. The number of guanidine groups is 1. The number of aliphatic imine (C=N–C) groups is 1. The minimum absolute atomic E-state index is 0.453. The average molecular weight is 344 g/mol. The van der Waals surface area contributed by atoms with Crippen molar-refractivity contribution in [3.63, 3.8) is 0 Å². The lowest BCUT2D eigenvalue weighted by Crippen LogP contribution is -2.51. The van der Waals surface area contributed by atoms with Gasteiger partial charge < -0.3 is 16.0 Å². The molecule has 5 nitrogen and oxygen atoms in total. The molecule has 0 saturated carbocycles. The highest BCUT2D eigenvalue weighted by atomic mass is 15.3. The summed E-state index contributed by atoms with van der Waals surface area (Å²) in [4.78, 5) is 9.61. The molecule has 1 heterocycles. The minimum atomic E-state index is 0.453. The Morgan fingerprint density at radius 3 is 2.60 bits per heavy atom. The third-order valence-corrected chi connectivity index (χ3v) is 5.60. The number of nitrogens with two attached hydrogens (primary N) is 1. The maximum Gasteiger partial charge on any atom is 0.193 e. The molecule has 0 radical (unpaired) electrons. The third-order valence-electron chi connectivity index (χ3n) is 5.60. The maximum absolute atomic E-state index is 6.16. The van der Waals surface area contributed by atoms with Crippen LogP contribution in [0, 0.1) is 5.92 Å². The molecule has 1 unspecified atom stereocenters. The number of hydrogen-bond donors (Lipinski definition) is 2. The van der Waals surface area contributed by atoms with Gasteiger partial charge in [-0.1, -0.05) is 19.9 Å². The average Bonchev–Trinajstić information content (AvgIpc) is 3.04. The summed E-state index contributed by atoms with van der Waals surface area (Å²) in [6, 6.07) is 7.02. The second-order valence-electron chi connectivity index (χ2n) is 7.84. The van der Waals surface area contributed by atoms with Gasteiger partial charge in [0.05, 0.1) is 6.54 Å². The van der Waals surface area contributed by atoms with E-state index in [2.05, 4.69) is 59.2 Å². The molecule has 0 bridgehead atoms. The van der Waals surface area contributed by atoms with Gasteiger partial charge in [-0.2, -0.15) is 0 Å². The van der Waals surface area contributed by atoms with Crippen LogP contribution in [0.25, 0.3) is 0 Å². The van der Waals surface area contributed by atoms with Crippen LogP contribution in [0.5, 0.6) is 0 Å². The van der Waals surface area contributed by atoms with Crippen LogP contribution < -0.4 is 11.1 Å². The van der Waals surface area contributed by atoms with Gasteiger partial charge in [-0.25, -0.2) is 0 Å². The molecular weight excluding hydrogens is 310 g/mol. The Bertz CT molecular complexity index is 602. The quantitative estimate of drug-likeness (QED) is 0.635. The van der Waals surface area contributed by atoms with Gasteiger partial charge in [0.25, 0.3) is 0 Å². The van der Waals surface area contributed by atoms with E-state index in [0.717, 1.165) is 38.4 Å². The molecule has 1 fully saturated rings. The highest BCUT2D eigenvalue weighted by Crippen LogP contribution is 2.24. The normalized spacial score (nSPS) is 20.7. The standard InChI is InChI=1S/C20H33N5/c1-15(2)19(25-11-9-24(3)10-12-25)14-22-20(21)23-18-8-7-16-5-4-6-17(16)13-18/h7-8,13,15,19H,4-6,9-12,14H2,1-3H3,(H3,21,22,23). The first-order valence-electron chi connectivity index (χ1n) is 9.64. The Morgan fingerprint density at radius 1 is 1.16 bits per heavy atom. The van der Waals surface area contributed by atoms with Crippen molar-refractivity contribution in [3.8, 4) is 0 Å². The zero-order valence-electron chi connectivity index (χ0n) is 16.0. The summed E-state index contributed by atoms with van der Waals surface area (Å²) in [6.45, 7) is 9.82. The summed E-state index contributed by atoms with van der Waals surface area (Å²) in [5, 5.41) is 3.28. The molecule has 1 saturated heterocycles. The van der Waals surface area contributed by atoms with Crippen molar-refractivity contribution in [2.24, 2.45) is 16.6 Å². The number of anilines is 1. The van der Waals surface area contributed by atoms with E-state index < -0.39 is 0 Å². The molecule has 1 aromatic rings. The van der Waals surface area contributed by atoms with Crippen LogP contribution in [0.3, 0.4) is 0 Å². The van der Waals surface area contributed by atoms with Crippen LogP contribution in [0.15, 0.2) is 23.2 Å². The molecular formula is C20H33N5. The SMILES string of the molecule is CC(C)C(CN=C(N)Nc1ccc2c(c1)CCC2)N1CCN(C)CC1. The van der Waals surface area contributed by atoms with Crippen molar-refractivity contribution in [1.82, 2.24) is 9.80 Å². The van der Waals surface area contributed by atoms with Crippen LogP contribution in [0.1, 0.15) is 31.4 Å². The van der Waals surface area contributed by atoms with Crippen LogP contribution >= 0.6 is 0 Å². The van der Waals surface area contributed by atoms with Crippen LogP contribution in [-0.4, -0.2) is 61.6 Å². The van der Waals surface area contributed by atoms with E-state index in [1.165, 1.54) is 30.4 Å². The van der Waals surface area contributed by atoms with E-state index in [1.807, 2.05) is 0 Å². The first-order chi connectivity index (χ1) is 12.0. The van der Waals surface area contributed by atoms with E-state index in [1.54, 1.807) is 0 Å². The van der Waals surface area contributed by atoms with Crippen molar-refractivity contribution in [2.75, 3.05) is 45.1 Å². The number of likely N-dealkylation sites (N-methyl/N-ethyl adjacent to an activating group) is 1. The van der Waals surface area contributed by atoms with Crippen molar-refractivity contribution in [2.45, 2.75) is 39.2 Å². The molecule has 0 aromatic heterocycles. The minimum Gasteiger partial charge on any atom is -0.370 e. The molecule has 138 valence electrons. The molecule has 1 aromatic carbocycles. The number of fused-ring (bicyclic) bond motifs is 1. The van der Waals surface area contributed by atoms with E-state index in [9.17, 15) is 0 Å². The van der Waals surface area contributed by atoms with E-state index in [0.29, 0.717) is 17.9 Å². The van der Waals surface area contributed by atoms with Crippen molar-refractivity contribution >= 4 is 11.6 Å². The van der Waals surface area contributed by atoms with Crippen LogP contribution in [0.2, 0.25) is 0 Å². The molecule has 25 heavy (non-hydrogen) atoms. The summed E-state index contributed by atoms with van der Waals surface area (Å²) < 4.78 is 0. The largest absolute Gasteiger partial charge is 0.370 e. The number of nitrogens with zero attached hydrogens (tertiary/aromatic N) is 3. The van der Waals surface area contributed by atoms with Crippen molar-refractivity contribution in [1.29, 1.82) is 0 Å². The Balaban J connectivity index is 1.58. The number of nitrogens with one attached hydrogen (secondary N) is 1. The molecule has 1 aliphatic carbocycles. The molecule has 0 spiro atoms. The second kappa shape index (κ2) is 8.19. The maximum atomic E-state index is 6.16. The molecule has 3 N–H and O–H groups in total. The number of rotatable bonds is 5. The zero-order valence-corrected chi connectivity index (χ0v) is 16.0. The van der Waals surface area contributed by atoms with E-state index >= 15 is 0 Å². The Labute approximate surface area is 152 Å². The monoisotopic (exact) mass is 343 g/mol. The number of benzene rings is 1. The fourth-order valence-corrected chi connectivity index (χ4v) is 3.93. The number of aryl methyl sites for hydroxylation is 2. The molecule has 5 heteroatoms. The Kier molecular flexibility index (Phi) is 5.97. The first kappa shape index (κ1) is 18.2. The lowest BCUT2D eigenvalue weighted by Gasteiger charge is -2.39. The third kappa shape index (κ3) is 4.73. The summed E-state index contributed by atoms with van der Waals surface area (Å²) in [7, 11) is 2.19. The fourth-order valence-electron chi connectivity index (χ4n) is 3.93. The van der Waals surface area contributed by atoms with Crippen molar-refractivity contribution < 1.29 is 0 Å². The molecule has 1 aliphatic heterocycles. The lowest BCUT2D eigenvalue weighted by molar-refractivity contribution is 0.0926. The number of piperazine rings is 1. The van der Waals surface area contributed by atoms with Gasteiger partial charge >= 0.3 is 0 Å².